The molecular weight excluding hydrogens is 673 g/mol. The summed E-state index contributed by atoms with van der Waals surface area (Å²) >= 11 is 8.33. The van der Waals surface area contributed by atoms with Gasteiger partial charge in [-0.2, -0.15) is 39.5 Å². The summed E-state index contributed by atoms with van der Waals surface area (Å²) in [6.07, 6.45) is -19.0. The van der Waals surface area contributed by atoms with Crippen molar-refractivity contribution in [2.24, 2.45) is 0 Å². The molecular formula is C24H11BrClF11N2O2. The minimum absolute atomic E-state index is 0.0543. The molecule has 17 heteroatoms. The van der Waals surface area contributed by atoms with Crippen molar-refractivity contribution in [2.45, 2.75) is 24.2 Å². The summed E-state index contributed by atoms with van der Waals surface area (Å²) in [7, 11) is 0. The van der Waals surface area contributed by atoms with Crippen molar-refractivity contribution >= 4 is 50.9 Å². The lowest BCUT2D eigenvalue weighted by atomic mass is 9.92. The van der Waals surface area contributed by atoms with Gasteiger partial charge in [-0.15, -0.1) is 0 Å². The second-order valence-electron chi connectivity index (χ2n) is 8.13. The van der Waals surface area contributed by atoms with Gasteiger partial charge >= 0.3 is 24.2 Å². The highest BCUT2D eigenvalue weighted by atomic mass is 79.9. The first-order valence-electron chi connectivity index (χ1n) is 10.6. The fourth-order valence-corrected chi connectivity index (χ4v) is 4.23. The molecule has 0 spiro atoms. The van der Waals surface area contributed by atoms with Crippen LogP contribution in [0.1, 0.15) is 31.8 Å². The Balaban J connectivity index is 2.00. The maximum Gasteiger partial charge on any atom is 0.435 e. The SMILES string of the molecule is O=C(Nc1cccc(C(=O)N(Br)c2ccc(C(F)(C(F)(F)F)C(F)(F)F)cc2C(F)(F)F)c1)c1ccc(F)cc1Cl. The van der Waals surface area contributed by atoms with Crippen molar-refractivity contribution in [3.8, 4) is 0 Å². The summed E-state index contributed by atoms with van der Waals surface area (Å²) in [6.45, 7) is 0. The molecule has 0 aliphatic rings. The number of anilines is 2. The van der Waals surface area contributed by atoms with E-state index in [0.717, 1.165) is 30.3 Å². The van der Waals surface area contributed by atoms with Crippen LogP contribution in [0.2, 0.25) is 5.02 Å². The van der Waals surface area contributed by atoms with Gasteiger partial charge < -0.3 is 5.32 Å². The highest BCUT2D eigenvalue weighted by molar-refractivity contribution is 9.10. The van der Waals surface area contributed by atoms with E-state index in [2.05, 4.69) is 21.5 Å². The minimum atomic E-state index is -6.68. The second kappa shape index (κ2) is 11.1. The summed E-state index contributed by atoms with van der Waals surface area (Å²) in [5.74, 6) is -2.93. The molecule has 0 atom stereocenters. The van der Waals surface area contributed by atoms with E-state index >= 15 is 0 Å². The summed E-state index contributed by atoms with van der Waals surface area (Å²) in [4.78, 5) is 25.4. The Morgan fingerprint density at radius 3 is 1.95 bits per heavy atom. The van der Waals surface area contributed by atoms with Crippen molar-refractivity contribution in [3.63, 3.8) is 0 Å². The van der Waals surface area contributed by atoms with Crippen LogP contribution in [-0.4, -0.2) is 24.2 Å². The lowest BCUT2D eigenvalue weighted by Gasteiger charge is -2.31. The minimum Gasteiger partial charge on any atom is -0.322 e. The van der Waals surface area contributed by atoms with Crippen LogP contribution in [-0.2, 0) is 11.8 Å². The molecule has 0 bridgehead atoms. The molecule has 3 aromatic carbocycles. The van der Waals surface area contributed by atoms with Crippen molar-refractivity contribution in [3.05, 3.63) is 93.8 Å². The van der Waals surface area contributed by atoms with Crippen LogP contribution < -0.4 is 9.24 Å². The Morgan fingerprint density at radius 2 is 1.41 bits per heavy atom. The van der Waals surface area contributed by atoms with Gasteiger partial charge in [0.2, 0.25) is 0 Å². The smallest absolute Gasteiger partial charge is 0.322 e. The number of hydrogen-bond acceptors (Lipinski definition) is 2. The van der Waals surface area contributed by atoms with Crippen molar-refractivity contribution in [2.75, 3.05) is 9.24 Å². The Kier molecular flexibility index (Phi) is 8.71. The number of nitrogens with one attached hydrogen (secondary N) is 1. The van der Waals surface area contributed by atoms with Gasteiger partial charge in [0, 0.05) is 16.8 Å². The van der Waals surface area contributed by atoms with Gasteiger partial charge in [-0.3, -0.25) is 9.59 Å². The van der Waals surface area contributed by atoms with E-state index in [1.165, 1.54) is 12.1 Å². The molecule has 0 saturated carbocycles. The number of alkyl halides is 10. The molecule has 0 fully saturated rings. The van der Waals surface area contributed by atoms with Gasteiger partial charge in [0.15, 0.2) is 0 Å². The van der Waals surface area contributed by atoms with Crippen LogP contribution >= 0.6 is 27.7 Å². The zero-order valence-corrected chi connectivity index (χ0v) is 21.8. The standard InChI is InChI=1S/C24H11BrClF11N2O2/c25-39(18-7-4-12(9-16(18)22(29,30)31)21(28,23(32,33)34)24(35,36)37)20(41)11-2-1-3-14(8-11)38-19(40)15-6-5-13(27)10-17(15)26/h1-10H,(H,38,40). The normalized spacial score (nSPS) is 12.7. The van der Waals surface area contributed by atoms with Gasteiger partial charge in [0.25, 0.3) is 11.8 Å². The third kappa shape index (κ3) is 6.42. The van der Waals surface area contributed by atoms with Crippen LogP contribution in [0.25, 0.3) is 0 Å². The maximum atomic E-state index is 14.4. The summed E-state index contributed by atoms with van der Waals surface area (Å²) in [5, 5.41) is 2.05. The number of amides is 2. The Morgan fingerprint density at radius 1 is 0.805 bits per heavy atom. The average molecular weight is 684 g/mol. The molecule has 4 nitrogen and oxygen atoms in total. The van der Waals surface area contributed by atoms with Crippen molar-refractivity contribution < 1.29 is 57.9 Å². The predicted octanol–water partition coefficient (Wildman–Crippen LogP) is 9.00. The Bertz CT molecular complexity index is 1480. The second-order valence-corrected chi connectivity index (χ2v) is 9.25. The summed E-state index contributed by atoms with van der Waals surface area (Å²) in [5.41, 5.74) is -12.7. The van der Waals surface area contributed by atoms with Crippen LogP contribution in [0, 0.1) is 5.82 Å². The number of rotatable bonds is 5. The lowest BCUT2D eigenvalue weighted by molar-refractivity contribution is -0.348. The molecule has 41 heavy (non-hydrogen) atoms. The quantitative estimate of drug-likeness (QED) is 0.216. The fourth-order valence-electron chi connectivity index (χ4n) is 3.46. The first-order valence-corrected chi connectivity index (χ1v) is 11.7. The molecule has 0 unspecified atom stereocenters. The van der Waals surface area contributed by atoms with Crippen LogP contribution in [0.3, 0.4) is 0 Å². The number of carbonyl (C=O) groups excluding carboxylic acids is 2. The van der Waals surface area contributed by atoms with Gasteiger partial charge in [-0.05, 0) is 48.5 Å². The molecule has 3 aromatic rings. The zero-order chi connectivity index (χ0) is 31.1. The first-order chi connectivity index (χ1) is 18.7. The van der Waals surface area contributed by atoms with E-state index in [1.54, 1.807) is 0 Å². The van der Waals surface area contributed by atoms with Gasteiger partial charge in [0.1, 0.15) is 5.82 Å². The molecule has 2 amide bonds. The highest BCUT2D eigenvalue weighted by Gasteiger charge is 2.73. The molecule has 1 N–H and O–H groups in total. The molecule has 0 aliphatic carbocycles. The van der Waals surface area contributed by atoms with E-state index in [0.29, 0.717) is 0 Å². The molecule has 0 aliphatic heterocycles. The van der Waals surface area contributed by atoms with E-state index < -0.39 is 70.3 Å². The first kappa shape index (κ1) is 32.1. The zero-order valence-electron chi connectivity index (χ0n) is 19.5. The number of benzene rings is 3. The predicted molar refractivity (Wildman–Crippen MR) is 128 cm³/mol. The topological polar surface area (TPSA) is 49.4 Å². The van der Waals surface area contributed by atoms with Gasteiger partial charge in [-0.25, -0.2) is 12.7 Å². The number of carbonyl (C=O) groups is 2. The van der Waals surface area contributed by atoms with Gasteiger partial charge in [0.05, 0.1) is 38.0 Å². The van der Waals surface area contributed by atoms with E-state index in [4.69, 9.17) is 11.6 Å². The van der Waals surface area contributed by atoms with E-state index in [9.17, 15) is 57.9 Å². The third-order valence-corrected chi connectivity index (χ3v) is 6.43. The number of nitrogens with zero attached hydrogens (tertiary/aromatic N) is 1. The number of hydrogen-bond donors (Lipinski definition) is 1. The van der Waals surface area contributed by atoms with Crippen molar-refractivity contribution in [1.82, 2.24) is 0 Å². The van der Waals surface area contributed by atoms with Crippen LogP contribution in [0.5, 0.6) is 0 Å². The molecule has 0 saturated heterocycles. The number of halogens is 13. The summed E-state index contributed by atoms with van der Waals surface area (Å²) < 4.78 is 148. The Labute approximate surface area is 236 Å². The third-order valence-electron chi connectivity index (χ3n) is 5.41. The van der Waals surface area contributed by atoms with E-state index in [-0.39, 0.29) is 32.3 Å². The Hall–Kier alpha value is -3.40. The molecule has 220 valence electrons. The van der Waals surface area contributed by atoms with Crippen LogP contribution in [0.4, 0.5) is 59.7 Å². The van der Waals surface area contributed by atoms with E-state index in [1.807, 2.05) is 0 Å². The highest BCUT2D eigenvalue weighted by Crippen LogP contribution is 2.54. The fraction of sp³-hybridized carbons (Fsp3) is 0.167. The molecule has 0 heterocycles. The molecule has 0 radical (unpaired) electrons. The molecule has 3 rings (SSSR count). The van der Waals surface area contributed by atoms with Crippen molar-refractivity contribution in [1.29, 1.82) is 0 Å². The van der Waals surface area contributed by atoms with Crippen LogP contribution in [0.15, 0.2) is 60.7 Å². The average Bonchev–Trinajstić information content (AvgIpc) is 2.85. The molecule has 0 aromatic heterocycles. The lowest BCUT2D eigenvalue weighted by Crippen LogP contribution is -2.50. The monoisotopic (exact) mass is 682 g/mol. The largest absolute Gasteiger partial charge is 0.435 e. The maximum absolute atomic E-state index is 14.4. The van der Waals surface area contributed by atoms with Gasteiger partial charge in [-0.1, -0.05) is 23.7 Å². The summed E-state index contributed by atoms with van der Waals surface area (Å²) in [6, 6.07) is 6.45.